The molecule has 0 saturated carbocycles. The van der Waals surface area contributed by atoms with Crippen molar-refractivity contribution in [1.82, 2.24) is 29.7 Å². The topological polar surface area (TPSA) is 110 Å². The van der Waals surface area contributed by atoms with E-state index in [-0.39, 0.29) is 36.9 Å². The van der Waals surface area contributed by atoms with Crippen LogP contribution < -0.4 is 10.1 Å². The molecule has 3 N–H and O–H groups in total. The van der Waals surface area contributed by atoms with Crippen molar-refractivity contribution in [2.75, 3.05) is 45.1 Å². The highest BCUT2D eigenvalue weighted by atomic mass is 19.4. The van der Waals surface area contributed by atoms with E-state index in [0.717, 1.165) is 30.4 Å². The molecule has 6 rings (SSSR count). The van der Waals surface area contributed by atoms with Crippen LogP contribution in [0.3, 0.4) is 0 Å². The molecule has 2 amide bonds. The summed E-state index contributed by atoms with van der Waals surface area (Å²) in [5.41, 5.74) is 2.34. The third-order valence-corrected chi connectivity index (χ3v) is 8.19. The molecule has 13 heteroatoms. The highest BCUT2D eigenvalue weighted by Gasteiger charge is 2.35. The van der Waals surface area contributed by atoms with Crippen LogP contribution in [0.1, 0.15) is 40.9 Å². The van der Waals surface area contributed by atoms with Crippen LogP contribution in [0.5, 0.6) is 11.5 Å². The Morgan fingerprint density at radius 3 is 2.68 bits per heavy atom. The molecular weight excluding hydrogens is 575 g/mol. The molecule has 2 aliphatic heterocycles. The monoisotopic (exact) mass is 609 g/mol. The summed E-state index contributed by atoms with van der Waals surface area (Å²) in [6, 6.07) is 8.82. The summed E-state index contributed by atoms with van der Waals surface area (Å²) >= 11 is 0. The predicted molar refractivity (Wildman–Crippen MR) is 158 cm³/mol. The third kappa shape index (κ3) is 6.35. The second kappa shape index (κ2) is 12.1. The number of ether oxygens (including phenoxy) is 1. The minimum atomic E-state index is -4.55. The average Bonchev–Trinajstić information content (AvgIpc) is 3.43. The standard InChI is InChI=1S/C31H34F3N7O3/c1-19-15-41(17-21-11-24(14-36-28(19)21)44-27-5-6-35-29-25(27)12-23(18-42)37-29)30(43)38-22-4-3-20(26(13-22)31(32,33)34)16-40-9-7-39(2)8-10-40/h3-6,11-14,19,42H,7-10,15-18H2,1-2H3,(H,35,37)(H,38,43)/t19-/m0/s1. The fraction of sp³-hybridized carbons (Fsp3) is 0.387. The second-order valence-electron chi connectivity index (χ2n) is 11.5. The molecule has 0 radical (unpaired) electrons. The molecule has 0 spiro atoms. The van der Waals surface area contributed by atoms with Crippen LogP contribution in [0.2, 0.25) is 0 Å². The first-order chi connectivity index (χ1) is 21.1. The van der Waals surface area contributed by atoms with Crippen molar-refractivity contribution in [2.24, 2.45) is 0 Å². The Morgan fingerprint density at radius 1 is 1.14 bits per heavy atom. The van der Waals surface area contributed by atoms with Crippen molar-refractivity contribution in [3.8, 4) is 11.5 Å². The molecule has 232 valence electrons. The molecule has 1 fully saturated rings. The number of aliphatic hydroxyl groups is 1. The number of H-pyrrole nitrogens is 1. The van der Waals surface area contributed by atoms with Gasteiger partial charge in [0.05, 0.1) is 29.4 Å². The van der Waals surface area contributed by atoms with Crippen molar-refractivity contribution in [1.29, 1.82) is 0 Å². The summed E-state index contributed by atoms with van der Waals surface area (Å²) in [7, 11) is 2.00. The Bertz CT molecular complexity index is 1670. The number of carbonyl (C=O) groups is 1. The lowest BCUT2D eigenvalue weighted by Crippen LogP contribution is -2.44. The summed E-state index contributed by atoms with van der Waals surface area (Å²) in [5, 5.41) is 12.9. The number of aromatic amines is 1. The second-order valence-corrected chi connectivity index (χ2v) is 11.5. The normalized spacial score (nSPS) is 18.0. The Hall–Kier alpha value is -4.20. The third-order valence-electron chi connectivity index (χ3n) is 8.19. The Labute approximate surface area is 252 Å². The molecule has 10 nitrogen and oxygen atoms in total. The fourth-order valence-corrected chi connectivity index (χ4v) is 5.83. The van der Waals surface area contributed by atoms with Crippen molar-refractivity contribution >= 4 is 22.8 Å². The maximum absolute atomic E-state index is 14.1. The number of amides is 2. The number of alkyl halides is 3. The van der Waals surface area contributed by atoms with Gasteiger partial charge in [0, 0.05) is 69.3 Å². The van der Waals surface area contributed by atoms with Gasteiger partial charge in [-0.15, -0.1) is 0 Å². The number of pyridine rings is 2. The number of carbonyl (C=O) groups excluding carboxylic acids is 1. The van der Waals surface area contributed by atoms with Crippen LogP contribution in [-0.4, -0.2) is 80.6 Å². The zero-order valence-corrected chi connectivity index (χ0v) is 24.5. The number of aliphatic hydroxyl groups excluding tert-OH is 1. The molecule has 1 atom stereocenters. The number of nitrogens with one attached hydrogen (secondary N) is 2. The molecule has 1 aromatic carbocycles. The smallest absolute Gasteiger partial charge is 0.416 e. The van der Waals surface area contributed by atoms with Crippen LogP contribution >= 0.6 is 0 Å². The Kier molecular flexibility index (Phi) is 8.18. The minimum absolute atomic E-state index is 0.0913. The highest BCUT2D eigenvalue weighted by molar-refractivity contribution is 5.89. The van der Waals surface area contributed by atoms with E-state index in [9.17, 15) is 23.1 Å². The van der Waals surface area contributed by atoms with Crippen LogP contribution in [0.4, 0.5) is 23.7 Å². The molecule has 4 aromatic rings. The number of fused-ring (bicyclic) bond motifs is 2. The number of aromatic nitrogens is 3. The number of halogens is 3. The van der Waals surface area contributed by atoms with E-state index >= 15 is 0 Å². The van der Waals surface area contributed by atoms with E-state index < -0.39 is 17.8 Å². The number of hydrogen-bond donors (Lipinski definition) is 3. The number of anilines is 1. The van der Waals surface area contributed by atoms with Gasteiger partial charge in [-0.05, 0) is 48.5 Å². The summed E-state index contributed by atoms with van der Waals surface area (Å²) in [5.74, 6) is 0.894. The van der Waals surface area contributed by atoms with Crippen molar-refractivity contribution in [3.63, 3.8) is 0 Å². The predicted octanol–water partition coefficient (Wildman–Crippen LogP) is 5.16. The quantitative estimate of drug-likeness (QED) is 0.277. The van der Waals surface area contributed by atoms with E-state index in [4.69, 9.17) is 4.74 Å². The molecular formula is C31H34F3N7O3. The van der Waals surface area contributed by atoms with Gasteiger partial charge >= 0.3 is 12.2 Å². The lowest BCUT2D eigenvalue weighted by Gasteiger charge is -2.33. The molecule has 44 heavy (non-hydrogen) atoms. The number of rotatable bonds is 6. The zero-order valence-electron chi connectivity index (χ0n) is 24.5. The highest BCUT2D eigenvalue weighted by Crippen LogP contribution is 2.36. The van der Waals surface area contributed by atoms with Gasteiger partial charge < -0.3 is 29.9 Å². The SMILES string of the molecule is C[C@H]1CN(C(=O)Nc2ccc(CN3CCN(C)CC3)c(C(F)(F)F)c2)Cc2cc(Oc3ccnc4[nH]c(CO)cc34)cnc21. The Morgan fingerprint density at radius 2 is 1.93 bits per heavy atom. The maximum atomic E-state index is 14.1. The van der Waals surface area contributed by atoms with Crippen molar-refractivity contribution < 1.29 is 27.8 Å². The van der Waals surface area contributed by atoms with Gasteiger partial charge in [-0.3, -0.25) is 9.88 Å². The van der Waals surface area contributed by atoms with Crippen molar-refractivity contribution in [2.45, 2.75) is 38.7 Å². The number of urea groups is 1. The molecule has 0 bridgehead atoms. The molecule has 0 unspecified atom stereocenters. The lowest BCUT2D eigenvalue weighted by atomic mass is 9.96. The molecule has 5 heterocycles. The van der Waals surface area contributed by atoms with E-state index in [1.54, 1.807) is 29.4 Å². The summed E-state index contributed by atoms with van der Waals surface area (Å²) in [6.07, 6.45) is -1.33. The number of likely N-dealkylation sites (N-methyl/N-ethyl adjacent to an activating group) is 1. The van der Waals surface area contributed by atoms with Crippen molar-refractivity contribution in [3.05, 3.63) is 76.9 Å². The summed E-state index contributed by atoms with van der Waals surface area (Å²) in [4.78, 5) is 30.9. The van der Waals surface area contributed by atoms with E-state index in [1.165, 1.54) is 12.1 Å². The average molecular weight is 610 g/mol. The molecule has 3 aromatic heterocycles. The molecule has 0 aliphatic carbocycles. The number of hydrogen-bond acceptors (Lipinski definition) is 7. The zero-order chi connectivity index (χ0) is 31.0. The van der Waals surface area contributed by atoms with E-state index in [2.05, 4.69) is 25.2 Å². The maximum Gasteiger partial charge on any atom is 0.416 e. The van der Waals surface area contributed by atoms with Gasteiger partial charge in [0.25, 0.3) is 0 Å². The first-order valence-corrected chi connectivity index (χ1v) is 14.5. The van der Waals surface area contributed by atoms with E-state index in [1.807, 2.05) is 24.9 Å². The van der Waals surface area contributed by atoms with Gasteiger partial charge in [0.2, 0.25) is 0 Å². The van der Waals surface area contributed by atoms with E-state index in [0.29, 0.717) is 47.9 Å². The lowest BCUT2D eigenvalue weighted by molar-refractivity contribution is -0.138. The van der Waals surface area contributed by atoms with Gasteiger partial charge in [-0.1, -0.05) is 13.0 Å². The first kappa shape index (κ1) is 29.9. The van der Waals surface area contributed by atoms with Gasteiger partial charge in [-0.25, -0.2) is 9.78 Å². The van der Waals surface area contributed by atoms with Crippen LogP contribution in [-0.2, 0) is 25.9 Å². The van der Waals surface area contributed by atoms with Gasteiger partial charge in [-0.2, -0.15) is 13.2 Å². The van der Waals surface area contributed by atoms with Crippen LogP contribution in [0.15, 0.2) is 48.8 Å². The fourth-order valence-electron chi connectivity index (χ4n) is 5.83. The van der Waals surface area contributed by atoms with Gasteiger partial charge in [0.15, 0.2) is 0 Å². The largest absolute Gasteiger partial charge is 0.455 e. The number of nitrogens with zero attached hydrogens (tertiary/aromatic N) is 5. The minimum Gasteiger partial charge on any atom is -0.455 e. The number of piperazine rings is 1. The summed E-state index contributed by atoms with van der Waals surface area (Å²) < 4.78 is 48.3. The van der Waals surface area contributed by atoms with Gasteiger partial charge in [0.1, 0.15) is 17.1 Å². The van der Waals surface area contributed by atoms with Crippen LogP contribution in [0, 0.1) is 0 Å². The summed E-state index contributed by atoms with van der Waals surface area (Å²) in [6.45, 7) is 5.58. The Balaban J connectivity index is 1.17. The first-order valence-electron chi connectivity index (χ1n) is 14.5. The van der Waals surface area contributed by atoms with Crippen LogP contribution in [0.25, 0.3) is 11.0 Å². The molecule has 2 aliphatic rings. The number of benzene rings is 1. The molecule has 1 saturated heterocycles.